The predicted octanol–water partition coefficient (Wildman–Crippen LogP) is 4.53. The highest BCUT2D eigenvalue weighted by molar-refractivity contribution is 9.10. The van der Waals surface area contributed by atoms with Gasteiger partial charge in [-0.3, -0.25) is 4.79 Å². The lowest BCUT2D eigenvalue weighted by molar-refractivity contribution is -0.123. The van der Waals surface area contributed by atoms with Crippen LogP contribution in [0.1, 0.15) is 12.5 Å². The van der Waals surface area contributed by atoms with Crippen LogP contribution in [-0.4, -0.2) is 25.3 Å². The van der Waals surface area contributed by atoms with Crippen LogP contribution < -0.4 is 14.9 Å². The van der Waals surface area contributed by atoms with E-state index in [2.05, 4.69) is 26.5 Å². The summed E-state index contributed by atoms with van der Waals surface area (Å²) in [5.41, 5.74) is 3.25. The Labute approximate surface area is 166 Å². The van der Waals surface area contributed by atoms with Gasteiger partial charge in [-0.05, 0) is 51.8 Å². The number of hydrogen-bond acceptors (Lipinski definition) is 4. The molecule has 0 aromatic heterocycles. The van der Waals surface area contributed by atoms with E-state index in [9.17, 15) is 4.79 Å². The Kier molecular flexibility index (Phi) is 6.44. The topological polar surface area (TPSA) is 59.9 Å². The van der Waals surface area contributed by atoms with Gasteiger partial charge in [-0.2, -0.15) is 5.10 Å². The van der Waals surface area contributed by atoms with Crippen LogP contribution in [0.25, 0.3) is 10.8 Å². The monoisotopic (exact) mass is 426 g/mol. The number of ether oxygens (including phenoxy) is 2. The molecular formula is C21H19BrN2O3. The Balaban J connectivity index is 1.58. The molecule has 6 heteroatoms. The zero-order valence-electron chi connectivity index (χ0n) is 14.8. The molecule has 1 N–H and O–H groups in total. The number of hydrazone groups is 1. The van der Waals surface area contributed by atoms with Crippen molar-refractivity contribution in [3.63, 3.8) is 0 Å². The van der Waals surface area contributed by atoms with E-state index in [1.807, 2.05) is 67.6 Å². The second-order valence-electron chi connectivity index (χ2n) is 5.65. The maximum Gasteiger partial charge on any atom is 0.277 e. The molecule has 0 bridgehead atoms. The van der Waals surface area contributed by atoms with Gasteiger partial charge in [-0.15, -0.1) is 0 Å². The van der Waals surface area contributed by atoms with Gasteiger partial charge >= 0.3 is 0 Å². The molecule has 3 aromatic rings. The quantitative estimate of drug-likeness (QED) is 0.445. The molecule has 0 radical (unpaired) electrons. The largest absolute Gasteiger partial charge is 0.493 e. The van der Waals surface area contributed by atoms with Crippen molar-refractivity contribution in [1.82, 2.24) is 5.43 Å². The lowest BCUT2D eigenvalue weighted by atomic mass is 10.1. The van der Waals surface area contributed by atoms with Gasteiger partial charge in [0.25, 0.3) is 5.91 Å². The number of benzene rings is 3. The van der Waals surface area contributed by atoms with Gasteiger partial charge < -0.3 is 9.47 Å². The summed E-state index contributed by atoms with van der Waals surface area (Å²) in [5.74, 6) is 0.976. The van der Waals surface area contributed by atoms with E-state index >= 15 is 0 Å². The maximum atomic E-state index is 12.0. The summed E-state index contributed by atoms with van der Waals surface area (Å²) in [4.78, 5) is 12.0. The molecule has 0 unspecified atom stereocenters. The second-order valence-corrected chi connectivity index (χ2v) is 6.44. The molecule has 27 heavy (non-hydrogen) atoms. The third-order valence-corrected chi connectivity index (χ3v) is 4.62. The molecule has 0 aliphatic heterocycles. The lowest BCUT2D eigenvalue weighted by Crippen LogP contribution is -2.24. The minimum absolute atomic E-state index is 0.138. The molecule has 138 valence electrons. The van der Waals surface area contributed by atoms with E-state index in [0.29, 0.717) is 18.1 Å². The normalized spacial score (nSPS) is 10.9. The fourth-order valence-electron chi connectivity index (χ4n) is 2.55. The van der Waals surface area contributed by atoms with Gasteiger partial charge in [-0.1, -0.05) is 42.5 Å². The molecule has 0 aliphatic carbocycles. The summed E-state index contributed by atoms with van der Waals surface area (Å²) in [6.45, 7) is 2.34. The Morgan fingerprint density at radius 3 is 2.67 bits per heavy atom. The first-order valence-corrected chi connectivity index (χ1v) is 9.32. The molecule has 0 spiro atoms. The molecule has 3 rings (SSSR count). The molecule has 0 aliphatic rings. The minimum atomic E-state index is -0.347. The third kappa shape index (κ3) is 4.86. The summed E-state index contributed by atoms with van der Waals surface area (Å²) >= 11 is 3.54. The summed E-state index contributed by atoms with van der Waals surface area (Å²) < 4.78 is 12.0. The molecule has 1 amide bonds. The number of para-hydroxylation sites is 1. The smallest absolute Gasteiger partial charge is 0.277 e. The van der Waals surface area contributed by atoms with Gasteiger partial charge in [0.1, 0.15) is 11.5 Å². The number of rotatable bonds is 7. The SMILES string of the molecule is CCOc1ccccc1/C=N/NC(=O)COc1ccc2ccccc2c1Br. The molecule has 3 aromatic carbocycles. The number of carbonyl (C=O) groups excluding carboxylic acids is 1. The zero-order valence-corrected chi connectivity index (χ0v) is 16.4. The van der Waals surface area contributed by atoms with Crippen molar-refractivity contribution < 1.29 is 14.3 Å². The van der Waals surface area contributed by atoms with Crippen molar-refractivity contribution in [1.29, 1.82) is 0 Å². The van der Waals surface area contributed by atoms with Crippen LogP contribution in [0.3, 0.4) is 0 Å². The van der Waals surface area contributed by atoms with Gasteiger partial charge in [0.05, 0.1) is 17.3 Å². The first kappa shape index (κ1) is 18.9. The van der Waals surface area contributed by atoms with Gasteiger partial charge in [0.15, 0.2) is 6.61 Å². The fourth-order valence-corrected chi connectivity index (χ4v) is 3.16. The molecule has 0 saturated carbocycles. The number of fused-ring (bicyclic) bond motifs is 1. The number of nitrogens with one attached hydrogen (secondary N) is 1. The molecule has 5 nitrogen and oxygen atoms in total. The second kappa shape index (κ2) is 9.19. The average Bonchev–Trinajstić information content (AvgIpc) is 2.69. The summed E-state index contributed by atoms with van der Waals surface area (Å²) in [7, 11) is 0. The van der Waals surface area contributed by atoms with E-state index in [1.165, 1.54) is 0 Å². The van der Waals surface area contributed by atoms with Crippen molar-refractivity contribution in [3.8, 4) is 11.5 Å². The van der Waals surface area contributed by atoms with Crippen LogP contribution in [0, 0.1) is 0 Å². The molecule has 0 saturated heterocycles. The number of halogens is 1. The Morgan fingerprint density at radius 2 is 1.81 bits per heavy atom. The highest BCUT2D eigenvalue weighted by atomic mass is 79.9. The minimum Gasteiger partial charge on any atom is -0.493 e. The van der Waals surface area contributed by atoms with E-state index in [-0.39, 0.29) is 12.5 Å². The predicted molar refractivity (Wildman–Crippen MR) is 110 cm³/mol. The van der Waals surface area contributed by atoms with Crippen molar-refractivity contribution in [3.05, 3.63) is 70.7 Å². The van der Waals surface area contributed by atoms with Gasteiger partial charge in [0.2, 0.25) is 0 Å². The van der Waals surface area contributed by atoms with Gasteiger partial charge in [-0.25, -0.2) is 5.43 Å². The Hall–Kier alpha value is -2.86. The lowest BCUT2D eigenvalue weighted by Gasteiger charge is -2.09. The van der Waals surface area contributed by atoms with E-state index in [0.717, 1.165) is 20.8 Å². The first-order valence-electron chi connectivity index (χ1n) is 8.53. The van der Waals surface area contributed by atoms with Crippen LogP contribution >= 0.6 is 15.9 Å². The zero-order chi connectivity index (χ0) is 19.1. The van der Waals surface area contributed by atoms with Crippen LogP contribution in [0.15, 0.2) is 70.2 Å². The van der Waals surface area contributed by atoms with Crippen LogP contribution in [0.2, 0.25) is 0 Å². The standard InChI is InChI=1S/C21H19BrN2O3/c1-2-26-18-10-6-4-8-16(18)13-23-24-20(25)14-27-19-12-11-15-7-3-5-9-17(15)21(19)22/h3-13H,2,14H2,1H3,(H,24,25)/b23-13+. The number of amides is 1. The first-order chi connectivity index (χ1) is 13.2. The summed E-state index contributed by atoms with van der Waals surface area (Å²) in [6.07, 6.45) is 1.55. The Morgan fingerprint density at radius 1 is 1.04 bits per heavy atom. The van der Waals surface area contributed by atoms with Crippen molar-refractivity contribution in [2.45, 2.75) is 6.92 Å². The van der Waals surface area contributed by atoms with Crippen LogP contribution in [0.4, 0.5) is 0 Å². The number of carbonyl (C=O) groups is 1. The molecular weight excluding hydrogens is 408 g/mol. The highest BCUT2D eigenvalue weighted by Gasteiger charge is 2.08. The fraction of sp³-hybridized carbons (Fsp3) is 0.143. The van der Waals surface area contributed by atoms with Crippen molar-refractivity contribution >= 4 is 38.8 Å². The van der Waals surface area contributed by atoms with Gasteiger partial charge in [0, 0.05) is 5.56 Å². The summed E-state index contributed by atoms with van der Waals surface area (Å²) in [6, 6.07) is 19.2. The van der Waals surface area contributed by atoms with Crippen LogP contribution in [-0.2, 0) is 4.79 Å². The maximum absolute atomic E-state index is 12.0. The van der Waals surface area contributed by atoms with Crippen molar-refractivity contribution in [2.24, 2.45) is 5.10 Å². The number of hydrogen-bond donors (Lipinski definition) is 1. The van der Waals surface area contributed by atoms with Crippen LogP contribution in [0.5, 0.6) is 11.5 Å². The molecule has 0 fully saturated rings. The van der Waals surface area contributed by atoms with E-state index in [4.69, 9.17) is 9.47 Å². The van der Waals surface area contributed by atoms with E-state index in [1.54, 1.807) is 6.21 Å². The van der Waals surface area contributed by atoms with Crippen molar-refractivity contribution in [2.75, 3.05) is 13.2 Å². The highest BCUT2D eigenvalue weighted by Crippen LogP contribution is 2.32. The average molecular weight is 427 g/mol. The molecule has 0 atom stereocenters. The third-order valence-electron chi connectivity index (χ3n) is 3.80. The molecule has 0 heterocycles. The van der Waals surface area contributed by atoms with E-state index < -0.39 is 0 Å². The Bertz CT molecular complexity index is 973. The number of nitrogens with zero attached hydrogens (tertiary/aromatic N) is 1. The summed E-state index contributed by atoms with van der Waals surface area (Å²) in [5, 5.41) is 6.10.